The number of ether oxygens (including phenoxy) is 4. The quantitative estimate of drug-likeness (QED) is 0.501. The average molecular weight is 549 g/mol. The number of carbonyl (C=O) groups is 3. The summed E-state index contributed by atoms with van der Waals surface area (Å²) >= 11 is 0. The maximum atomic E-state index is 13.5. The smallest absolute Gasteiger partial charge is 0.194 e. The molecule has 6 rings (SSSR count). The topological polar surface area (TPSA) is 149 Å². The third-order valence-corrected chi connectivity index (χ3v) is 8.74. The van der Waals surface area contributed by atoms with E-state index in [1.165, 1.54) is 54.4 Å². The Morgan fingerprint density at radius 1 is 0.900 bits per heavy atom. The van der Waals surface area contributed by atoms with Crippen LogP contribution in [0, 0.1) is 11.8 Å². The summed E-state index contributed by atoms with van der Waals surface area (Å²) in [6, 6.07) is 0. The molecule has 1 aromatic rings. The normalized spacial score (nSPS) is 28.0. The molecule has 0 unspecified atom stereocenters. The summed E-state index contributed by atoms with van der Waals surface area (Å²) in [4.78, 5) is 40.4. The SMILES string of the molecule is COC1=CC(=O)C2=C3C1=C1C(OC)=CC(=O)c4c(O)c(OC)c5c(c41)[C@@H]3[C@H](C(OC)=C2O)[C@@H](C(C)=O)[C@@](C)(O)C5. The third kappa shape index (κ3) is 2.94. The minimum atomic E-state index is -1.72. The van der Waals surface area contributed by atoms with Crippen LogP contribution in [-0.2, 0) is 30.2 Å². The molecule has 3 N–H and O–H groups in total. The third-order valence-electron chi connectivity index (χ3n) is 8.74. The second kappa shape index (κ2) is 8.34. The number of hydrogen-bond donors (Lipinski definition) is 3. The summed E-state index contributed by atoms with van der Waals surface area (Å²) in [5.41, 5.74) is 0.495. The zero-order valence-corrected chi connectivity index (χ0v) is 22.8. The highest BCUT2D eigenvalue weighted by Crippen LogP contribution is 2.65. The Morgan fingerprint density at radius 3 is 2.10 bits per heavy atom. The Balaban J connectivity index is 1.93. The Morgan fingerprint density at radius 2 is 1.52 bits per heavy atom. The number of carbonyl (C=O) groups excluding carboxylic acids is 3. The lowest BCUT2D eigenvalue weighted by molar-refractivity contribution is -0.133. The molecule has 0 saturated carbocycles. The molecule has 0 fully saturated rings. The zero-order valence-electron chi connectivity index (χ0n) is 22.8. The van der Waals surface area contributed by atoms with Crippen molar-refractivity contribution >= 4 is 22.9 Å². The van der Waals surface area contributed by atoms with Crippen LogP contribution in [0.4, 0.5) is 0 Å². The second-order valence-electron chi connectivity index (χ2n) is 10.8. The van der Waals surface area contributed by atoms with Crippen LogP contribution in [0.25, 0.3) is 5.57 Å². The standard InChI is InChI=1S/C30H28O10/c1-10(31)25-24-22-16-11(9-30(25,2)36)28(39-5)26(34)17-12(32)7-14(37-3)19(21(16)17)20-15(38-4)8-13(33)18(23(20)22)27(35)29(24)40-6/h7-8,22,24-25,34-36H,9H2,1-6H3/t22-,24-,25+,30-/m0/s1. The van der Waals surface area contributed by atoms with Gasteiger partial charge in [0.2, 0.25) is 0 Å². The van der Waals surface area contributed by atoms with E-state index in [0.29, 0.717) is 33.4 Å². The fourth-order valence-corrected chi connectivity index (χ4v) is 7.50. The van der Waals surface area contributed by atoms with Crippen LogP contribution in [0.3, 0.4) is 0 Å². The summed E-state index contributed by atoms with van der Waals surface area (Å²) in [7, 11) is 5.45. The molecule has 10 nitrogen and oxygen atoms in total. The van der Waals surface area contributed by atoms with Crippen LogP contribution in [0.1, 0.15) is 46.8 Å². The average Bonchev–Trinajstić information content (AvgIpc) is 2.99. The molecule has 208 valence electrons. The lowest BCUT2D eigenvalue weighted by Gasteiger charge is -2.46. The van der Waals surface area contributed by atoms with Gasteiger partial charge in [-0.2, -0.15) is 0 Å². The first-order valence-electron chi connectivity index (χ1n) is 12.7. The van der Waals surface area contributed by atoms with E-state index in [-0.39, 0.29) is 46.4 Å². The van der Waals surface area contributed by atoms with Gasteiger partial charge in [-0.3, -0.25) is 14.4 Å². The fraction of sp³-hybridized carbons (Fsp3) is 0.367. The molecule has 5 aliphatic rings. The van der Waals surface area contributed by atoms with Crippen molar-refractivity contribution in [1.82, 2.24) is 0 Å². The molecule has 0 saturated heterocycles. The van der Waals surface area contributed by atoms with Crippen LogP contribution in [0.2, 0.25) is 0 Å². The molecule has 0 aromatic heterocycles. The first-order chi connectivity index (χ1) is 18.9. The van der Waals surface area contributed by atoms with Gasteiger partial charge in [0.05, 0.1) is 51.1 Å². The van der Waals surface area contributed by atoms with Crippen LogP contribution in [0.15, 0.2) is 51.9 Å². The van der Waals surface area contributed by atoms with Crippen molar-refractivity contribution in [2.24, 2.45) is 11.8 Å². The predicted octanol–water partition coefficient (Wildman–Crippen LogP) is 2.95. The Kier molecular flexibility index (Phi) is 5.41. The minimum Gasteiger partial charge on any atom is -0.504 e. The van der Waals surface area contributed by atoms with E-state index < -0.39 is 46.4 Å². The van der Waals surface area contributed by atoms with Crippen molar-refractivity contribution in [1.29, 1.82) is 0 Å². The number of phenols is 1. The van der Waals surface area contributed by atoms with E-state index in [2.05, 4.69) is 0 Å². The molecule has 0 radical (unpaired) electrons. The van der Waals surface area contributed by atoms with E-state index in [9.17, 15) is 29.7 Å². The minimum absolute atomic E-state index is 0.0214. The molecule has 5 aliphatic carbocycles. The van der Waals surface area contributed by atoms with Crippen molar-refractivity contribution in [3.8, 4) is 11.5 Å². The number of aliphatic hydroxyl groups excluding tert-OH is 1. The van der Waals surface area contributed by atoms with Gasteiger partial charge in [0.25, 0.3) is 0 Å². The molecule has 0 bridgehead atoms. The Labute approximate surface area is 229 Å². The van der Waals surface area contributed by atoms with E-state index in [0.717, 1.165) is 0 Å². The summed E-state index contributed by atoms with van der Waals surface area (Å²) in [5.74, 6) is -5.00. The molecule has 0 amide bonds. The van der Waals surface area contributed by atoms with Crippen molar-refractivity contribution in [3.05, 3.63) is 74.2 Å². The molecule has 0 heterocycles. The van der Waals surface area contributed by atoms with Gasteiger partial charge in [0.15, 0.2) is 28.8 Å². The van der Waals surface area contributed by atoms with Gasteiger partial charge in [0, 0.05) is 52.7 Å². The van der Waals surface area contributed by atoms with E-state index in [1.807, 2.05) is 0 Å². The number of benzene rings is 1. The maximum Gasteiger partial charge on any atom is 0.194 e. The van der Waals surface area contributed by atoms with Gasteiger partial charge in [-0.1, -0.05) is 0 Å². The van der Waals surface area contributed by atoms with Crippen LogP contribution in [-0.4, -0.2) is 66.7 Å². The summed E-state index contributed by atoms with van der Waals surface area (Å²) in [6.07, 6.45) is 2.33. The number of ketones is 3. The lowest BCUT2D eigenvalue weighted by Crippen LogP contribution is -2.47. The number of rotatable bonds is 5. The van der Waals surface area contributed by atoms with E-state index in [1.54, 1.807) is 0 Å². The van der Waals surface area contributed by atoms with Crippen molar-refractivity contribution in [3.63, 3.8) is 0 Å². The van der Waals surface area contributed by atoms with Gasteiger partial charge < -0.3 is 34.3 Å². The largest absolute Gasteiger partial charge is 0.504 e. The van der Waals surface area contributed by atoms with E-state index in [4.69, 9.17) is 18.9 Å². The first kappa shape index (κ1) is 25.9. The molecular weight excluding hydrogens is 520 g/mol. The summed E-state index contributed by atoms with van der Waals surface area (Å²) in [6.45, 7) is 2.85. The lowest BCUT2D eigenvalue weighted by atomic mass is 9.58. The second-order valence-corrected chi connectivity index (χ2v) is 10.8. The number of allylic oxidation sites excluding steroid dienone is 6. The van der Waals surface area contributed by atoms with E-state index >= 15 is 0 Å². The number of aromatic hydroxyl groups is 1. The monoisotopic (exact) mass is 548 g/mol. The van der Waals surface area contributed by atoms with Crippen molar-refractivity contribution < 1.29 is 48.7 Å². The summed E-state index contributed by atoms with van der Waals surface area (Å²) in [5, 5.41) is 34.9. The van der Waals surface area contributed by atoms with Crippen LogP contribution < -0.4 is 4.74 Å². The highest BCUT2D eigenvalue weighted by molar-refractivity contribution is 6.20. The van der Waals surface area contributed by atoms with Gasteiger partial charge in [-0.05, 0) is 25.0 Å². The highest BCUT2D eigenvalue weighted by Gasteiger charge is 2.59. The van der Waals surface area contributed by atoms with Gasteiger partial charge in [-0.15, -0.1) is 0 Å². The number of Topliss-reactive ketones (excluding diaryl/α,β-unsaturated/α-hetero) is 1. The Bertz CT molecular complexity index is 1630. The first-order valence-corrected chi connectivity index (χ1v) is 12.7. The number of phenolic OH excluding ortho intramolecular Hbond substituents is 1. The molecule has 10 heteroatoms. The Hall–Kier alpha value is -4.31. The number of methoxy groups -OCH3 is 4. The van der Waals surface area contributed by atoms with Gasteiger partial charge >= 0.3 is 0 Å². The highest BCUT2D eigenvalue weighted by atomic mass is 16.5. The number of hydrogen-bond acceptors (Lipinski definition) is 10. The zero-order chi connectivity index (χ0) is 29.0. The molecule has 0 aliphatic heterocycles. The maximum absolute atomic E-state index is 13.5. The molecule has 1 aromatic carbocycles. The molecular formula is C30H28O10. The molecule has 0 spiro atoms. The van der Waals surface area contributed by atoms with Gasteiger partial charge in [-0.25, -0.2) is 0 Å². The van der Waals surface area contributed by atoms with Crippen molar-refractivity contribution in [2.45, 2.75) is 31.8 Å². The fourth-order valence-electron chi connectivity index (χ4n) is 7.50. The van der Waals surface area contributed by atoms with Crippen LogP contribution >= 0.6 is 0 Å². The molecule has 4 atom stereocenters. The molecule has 40 heavy (non-hydrogen) atoms. The number of aliphatic hydroxyl groups is 2. The van der Waals surface area contributed by atoms with Crippen LogP contribution in [0.5, 0.6) is 11.5 Å². The predicted molar refractivity (Wildman–Crippen MR) is 140 cm³/mol. The van der Waals surface area contributed by atoms with Gasteiger partial charge in [0.1, 0.15) is 23.1 Å². The summed E-state index contributed by atoms with van der Waals surface area (Å²) < 4.78 is 22.7. The van der Waals surface area contributed by atoms with Crippen molar-refractivity contribution in [2.75, 3.05) is 28.4 Å².